The number of sulfonamides is 1. The molecule has 0 aliphatic heterocycles. The van der Waals surface area contributed by atoms with Gasteiger partial charge in [0.05, 0.1) is 11.6 Å². The average Bonchev–Trinajstić information content (AvgIpc) is 2.11. The van der Waals surface area contributed by atoms with E-state index in [1.165, 1.54) is 4.31 Å². The Morgan fingerprint density at radius 1 is 1.47 bits per heavy atom. The van der Waals surface area contributed by atoms with Crippen LogP contribution in [0.2, 0.25) is 0 Å². The van der Waals surface area contributed by atoms with Gasteiger partial charge in [-0.25, -0.2) is 12.7 Å². The quantitative estimate of drug-likeness (QED) is 0.501. The highest BCUT2D eigenvalue weighted by Crippen LogP contribution is 2.07. The van der Waals surface area contributed by atoms with Crippen LogP contribution in [0.15, 0.2) is 0 Å². The molecule has 0 saturated carbocycles. The fraction of sp³-hybridized carbons (Fsp3) is 0.889. The van der Waals surface area contributed by atoms with Crippen molar-refractivity contribution in [2.45, 2.75) is 27.2 Å². The van der Waals surface area contributed by atoms with Gasteiger partial charge in [0, 0.05) is 19.5 Å². The second-order valence-corrected chi connectivity index (χ2v) is 6.19. The van der Waals surface area contributed by atoms with E-state index < -0.39 is 10.0 Å². The first-order valence-electron chi connectivity index (χ1n) is 5.10. The van der Waals surface area contributed by atoms with Gasteiger partial charge in [-0.2, -0.15) is 0 Å². The maximum atomic E-state index is 11.7. The highest BCUT2D eigenvalue weighted by molar-refractivity contribution is 7.89. The lowest BCUT2D eigenvalue weighted by molar-refractivity contribution is 0.375. The van der Waals surface area contributed by atoms with Crippen LogP contribution in [-0.2, 0) is 10.0 Å². The zero-order valence-corrected chi connectivity index (χ0v) is 10.5. The molecule has 0 aliphatic carbocycles. The van der Waals surface area contributed by atoms with Gasteiger partial charge in [-0.15, -0.1) is 0 Å². The lowest BCUT2D eigenvalue weighted by atomic mass is 10.2. The summed E-state index contributed by atoms with van der Waals surface area (Å²) in [6.07, 6.45) is 0.298. The molecule has 0 saturated heterocycles. The second-order valence-electron chi connectivity index (χ2n) is 3.93. The van der Waals surface area contributed by atoms with E-state index in [0.717, 1.165) is 0 Å². The van der Waals surface area contributed by atoms with Crippen molar-refractivity contribution in [3.63, 3.8) is 0 Å². The molecule has 0 unspecified atom stereocenters. The summed E-state index contributed by atoms with van der Waals surface area (Å²) in [5.74, 6) is 0.394. The normalized spacial score (nSPS) is 12.3. The van der Waals surface area contributed by atoms with Crippen molar-refractivity contribution in [2.24, 2.45) is 11.7 Å². The fourth-order valence-corrected chi connectivity index (χ4v) is 2.44. The molecular formula is C9H21N3O2S. The van der Waals surface area contributed by atoms with Crippen molar-refractivity contribution in [3.05, 3.63) is 0 Å². The van der Waals surface area contributed by atoms with Crippen molar-refractivity contribution in [1.82, 2.24) is 4.31 Å². The van der Waals surface area contributed by atoms with Crippen molar-refractivity contribution >= 4 is 15.9 Å². The Bertz CT molecular complexity index is 298. The number of nitrogens with two attached hydrogens (primary N) is 1. The van der Waals surface area contributed by atoms with Gasteiger partial charge in [0.1, 0.15) is 0 Å². The molecule has 0 aromatic rings. The van der Waals surface area contributed by atoms with Crippen LogP contribution in [0.5, 0.6) is 0 Å². The number of nitrogens with one attached hydrogen (secondary N) is 1. The highest BCUT2D eigenvalue weighted by atomic mass is 32.2. The molecular weight excluding hydrogens is 214 g/mol. The van der Waals surface area contributed by atoms with E-state index in [1.807, 2.05) is 13.8 Å². The minimum atomic E-state index is -3.17. The molecule has 0 radical (unpaired) electrons. The molecule has 0 aromatic heterocycles. The molecule has 0 aliphatic rings. The van der Waals surface area contributed by atoms with Crippen LogP contribution in [0.1, 0.15) is 27.2 Å². The maximum Gasteiger partial charge on any atom is 0.213 e. The van der Waals surface area contributed by atoms with Crippen LogP contribution < -0.4 is 5.73 Å². The first-order chi connectivity index (χ1) is 6.79. The van der Waals surface area contributed by atoms with Crippen LogP contribution >= 0.6 is 0 Å². The van der Waals surface area contributed by atoms with E-state index in [2.05, 4.69) is 0 Å². The van der Waals surface area contributed by atoms with E-state index in [0.29, 0.717) is 19.5 Å². The summed E-state index contributed by atoms with van der Waals surface area (Å²) >= 11 is 0. The number of nitrogens with zero attached hydrogens (tertiary/aromatic N) is 1. The molecule has 0 amide bonds. The Morgan fingerprint density at radius 3 is 2.33 bits per heavy atom. The molecule has 0 spiro atoms. The third-order valence-electron chi connectivity index (χ3n) is 1.96. The van der Waals surface area contributed by atoms with Crippen molar-refractivity contribution < 1.29 is 8.42 Å². The van der Waals surface area contributed by atoms with Crippen molar-refractivity contribution in [3.8, 4) is 0 Å². The first kappa shape index (κ1) is 14.4. The van der Waals surface area contributed by atoms with Crippen LogP contribution in [0.25, 0.3) is 0 Å². The Hall–Kier alpha value is -0.620. The summed E-state index contributed by atoms with van der Waals surface area (Å²) in [6, 6.07) is 0. The zero-order chi connectivity index (χ0) is 12.1. The Morgan fingerprint density at radius 2 is 2.00 bits per heavy atom. The van der Waals surface area contributed by atoms with Gasteiger partial charge in [0.2, 0.25) is 10.0 Å². The van der Waals surface area contributed by atoms with Crippen LogP contribution in [-0.4, -0.2) is 37.4 Å². The molecule has 90 valence electrons. The summed E-state index contributed by atoms with van der Waals surface area (Å²) in [7, 11) is -3.17. The zero-order valence-electron chi connectivity index (χ0n) is 9.66. The molecule has 5 nitrogen and oxygen atoms in total. The number of hydrogen-bond donors (Lipinski definition) is 2. The van der Waals surface area contributed by atoms with Gasteiger partial charge in [0.15, 0.2) is 0 Å². The van der Waals surface area contributed by atoms with E-state index >= 15 is 0 Å². The Balaban J connectivity index is 4.52. The molecule has 0 atom stereocenters. The number of hydrogen-bond acceptors (Lipinski definition) is 3. The highest BCUT2D eigenvalue weighted by Gasteiger charge is 2.20. The molecule has 15 heavy (non-hydrogen) atoms. The SMILES string of the molecule is CCS(=O)(=O)N(CCC(=N)N)CC(C)C. The van der Waals surface area contributed by atoms with Gasteiger partial charge in [-0.3, -0.25) is 5.41 Å². The molecule has 0 fully saturated rings. The smallest absolute Gasteiger partial charge is 0.213 e. The van der Waals surface area contributed by atoms with E-state index in [1.54, 1.807) is 6.92 Å². The monoisotopic (exact) mass is 235 g/mol. The number of rotatable bonds is 7. The van der Waals surface area contributed by atoms with Crippen molar-refractivity contribution in [2.75, 3.05) is 18.8 Å². The molecule has 3 N–H and O–H groups in total. The largest absolute Gasteiger partial charge is 0.388 e. The first-order valence-corrected chi connectivity index (χ1v) is 6.71. The van der Waals surface area contributed by atoms with Crippen LogP contribution in [0.3, 0.4) is 0 Å². The van der Waals surface area contributed by atoms with Gasteiger partial charge in [0.25, 0.3) is 0 Å². The number of amidine groups is 1. The van der Waals surface area contributed by atoms with Crippen molar-refractivity contribution in [1.29, 1.82) is 5.41 Å². The topological polar surface area (TPSA) is 87.2 Å². The lowest BCUT2D eigenvalue weighted by Gasteiger charge is -2.22. The van der Waals surface area contributed by atoms with Gasteiger partial charge >= 0.3 is 0 Å². The summed E-state index contributed by atoms with van der Waals surface area (Å²) in [5, 5.41) is 7.09. The summed E-state index contributed by atoms with van der Waals surface area (Å²) in [5.41, 5.74) is 5.22. The summed E-state index contributed by atoms with van der Waals surface area (Å²) in [4.78, 5) is 0. The minimum absolute atomic E-state index is 0.0232. The Labute approximate surface area is 92.2 Å². The predicted molar refractivity (Wildman–Crippen MR) is 62.4 cm³/mol. The van der Waals surface area contributed by atoms with Gasteiger partial charge in [-0.05, 0) is 12.8 Å². The summed E-state index contributed by atoms with van der Waals surface area (Å²) in [6.45, 7) is 6.35. The molecule has 0 heterocycles. The predicted octanol–water partition coefficient (Wildman–Crippen LogP) is 0.620. The molecule has 0 rings (SSSR count). The molecule has 0 aromatic carbocycles. The average molecular weight is 235 g/mol. The fourth-order valence-electron chi connectivity index (χ4n) is 1.18. The second kappa shape index (κ2) is 6.07. The standard InChI is InChI=1S/C9H21N3O2S/c1-4-15(13,14)12(7-8(2)3)6-5-9(10)11/h8H,4-7H2,1-3H3,(H3,10,11). The third kappa shape index (κ3) is 5.74. The van der Waals surface area contributed by atoms with Gasteiger partial charge < -0.3 is 5.73 Å². The van der Waals surface area contributed by atoms with E-state index in [9.17, 15) is 8.42 Å². The van der Waals surface area contributed by atoms with E-state index in [4.69, 9.17) is 11.1 Å². The Kier molecular flexibility index (Phi) is 5.82. The maximum absolute atomic E-state index is 11.7. The van der Waals surface area contributed by atoms with Gasteiger partial charge in [-0.1, -0.05) is 13.8 Å². The van der Waals surface area contributed by atoms with E-state index in [-0.39, 0.29) is 17.5 Å². The third-order valence-corrected chi connectivity index (χ3v) is 3.81. The minimum Gasteiger partial charge on any atom is -0.388 e. The van der Waals surface area contributed by atoms with Crippen LogP contribution in [0, 0.1) is 11.3 Å². The van der Waals surface area contributed by atoms with Crippen LogP contribution in [0.4, 0.5) is 0 Å². The lowest BCUT2D eigenvalue weighted by Crippen LogP contribution is -2.37. The molecule has 6 heteroatoms. The summed E-state index contributed by atoms with van der Waals surface area (Å²) < 4.78 is 24.7. The molecule has 0 bridgehead atoms.